The summed E-state index contributed by atoms with van der Waals surface area (Å²) in [5.41, 5.74) is -0.00679. The maximum absolute atomic E-state index is 15.4. The van der Waals surface area contributed by atoms with E-state index in [1.54, 1.807) is 36.1 Å². The highest BCUT2D eigenvalue weighted by Crippen LogP contribution is 2.39. The van der Waals surface area contributed by atoms with Crippen molar-refractivity contribution in [1.29, 1.82) is 0 Å². The molecule has 2 heterocycles. The Morgan fingerprint density at radius 1 is 1.09 bits per heavy atom. The minimum atomic E-state index is -5.74. The van der Waals surface area contributed by atoms with Crippen LogP contribution in [0.1, 0.15) is 62.7 Å². The lowest BCUT2D eigenvalue weighted by atomic mass is 10.0. The van der Waals surface area contributed by atoms with Crippen LogP contribution in [-0.4, -0.2) is 53.3 Å². The van der Waals surface area contributed by atoms with Crippen molar-refractivity contribution < 1.29 is 53.6 Å². The minimum absolute atomic E-state index is 0.0199. The lowest BCUT2D eigenvalue weighted by molar-refractivity contribution is -0.216. The van der Waals surface area contributed by atoms with Crippen LogP contribution in [0.5, 0.6) is 0 Å². The zero-order valence-corrected chi connectivity index (χ0v) is 26.6. The molecule has 2 amide bonds. The number of nitrogens with one attached hydrogen (secondary N) is 1. The molecule has 18 heteroatoms. The fourth-order valence-corrected chi connectivity index (χ4v) is 7.37. The Bertz CT molecular complexity index is 1650. The number of imidazole rings is 1. The molecular formula is C28H31F7N4O5S2. The van der Waals surface area contributed by atoms with Crippen LogP contribution in [0.3, 0.4) is 0 Å². The number of halogens is 7. The first-order valence-electron chi connectivity index (χ1n) is 13.8. The third-order valence-corrected chi connectivity index (χ3v) is 9.46. The van der Waals surface area contributed by atoms with Crippen molar-refractivity contribution in [2.45, 2.75) is 76.0 Å². The molecule has 0 aliphatic rings. The smallest absolute Gasteiger partial charge is 0.335 e. The number of rotatable bonds is 11. The number of hydroxylamine groups is 1. The quantitative estimate of drug-likeness (QED) is 0.129. The van der Waals surface area contributed by atoms with E-state index < -0.39 is 68.3 Å². The molecule has 3 rings (SSSR count). The first-order chi connectivity index (χ1) is 21.2. The van der Waals surface area contributed by atoms with E-state index >= 15 is 4.39 Å². The van der Waals surface area contributed by atoms with E-state index in [-0.39, 0.29) is 41.5 Å². The number of carbonyl (C=O) groups excluding carboxylic acids is 2. The second-order valence-electron chi connectivity index (χ2n) is 10.9. The molecule has 0 spiro atoms. The van der Waals surface area contributed by atoms with Crippen molar-refractivity contribution in [1.82, 2.24) is 19.3 Å². The van der Waals surface area contributed by atoms with E-state index in [1.165, 1.54) is 18.2 Å². The molecule has 2 aromatic heterocycles. The molecule has 9 nitrogen and oxygen atoms in total. The van der Waals surface area contributed by atoms with Crippen LogP contribution < -0.4 is 5.32 Å². The van der Waals surface area contributed by atoms with Crippen LogP contribution in [0.25, 0.3) is 11.1 Å². The number of sulfonamides is 1. The molecule has 0 unspecified atom stereocenters. The van der Waals surface area contributed by atoms with Gasteiger partial charge in [0.2, 0.25) is 0 Å². The molecule has 1 N–H and O–H groups in total. The fourth-order valence-electron chi connectivity index (χ4n) is 4.25. The van der Waals surface area contributed by atoms with E-state index in [9.17, 15) is 44.3 Å². The van der Waals surface area contributed by atoms with Gasteiger partial charge < -0.3 is 14.7 Å². The van der Waals surface area contributed by atoms with E-state index in [1.807, 2.05) is 13.8 Å². The number of hydrogen-bond acceptors (Lipinski definition) is 7. The van der Waals surface area contributed by atoms with Gasteiger partial charge >= 0.3 is 34.4 Å². The van der Waals surface area contributed by atoms with Crippen LogP contribution in [0.2, 0.25) is 0 Å². The van der Waals surface area contributed by atoms with Gasteiger partial charge in [-0.25, -0.2) is 19.0 Å². The number of benzene rings is 1. The summed E-state index contributed by atoms with van der Waals surface area (Å²) < 4.78 is 120. The molecule has 1 aromatic carbocycles. The molecule has 0 atom stereocenters. The number of alkyl halides is 6. The summed E-state index contributed by atoms with van der Waals surface area (Å²) in [6.45, 7) is 6.69. The second kappa shape index (κ2) is 14.4. The Morgan fingerprint density at radius 3 is 2.33 bits per heavy atom. The average Bonchev–Trinajstić information content (AvgIpc) is 3.57. The molecule has 0 radical (unpaired) electrons. The van der Waals surface area contributed by atoms with Gasteiger partial charge in [-0.3, -0.25) is 0 Å². The lowest BCUT2D eigenvalue weighted by Crippen LogP contribution is -2.47. The highest BCUT2D eigenvalue weighted by molar-refractivity contribution is 7.91. The van der Waals surface area contributed by atoms with Gasteiger partial charge in [0.05, 0.1) is 6.54 Å². The standard InChI is InChI=1S/C28H31F7N4O5S2/c1-16(2)12-20-14-21(18-6-7-19(22(29)13-18)15-38-11-10-36-23(38)17(3)4)24(45-20)46(42,43)39(44-25(40)28(33,34)35)26(41)37-9-5-8-27(30,31)32/h6-7,10-11,13-14,16-17H,5,8-9,12,15H2,1-4H3,(H,37,41). The maximum atomic E-state index is 15.4. The Hall–Kier alpha value is -3.67. The second-order valence-corrected chi connectivity index (χ2v) is 14.0. The highest BCUT2D eigenvalue weighted by atomic mass is 32.2. The van der Waals surface area contributed by atoms with Crippen LogP contribution in [-0.2, 0) is 32.6 Å². The van der Waals surface area contributed by atoms with Gasteiger partial charge in [0, 0.05) is 47.3 Å². The Morgan fingerprint density at radius 2 is 1.76 bits per heavy atom. The number of carbonyl (C=O) groups is 2. The maximum Gasteiger partial charge on any atom is 0.493 e. The SMILES string of the molecule is CC(C)Cc1cc(-c2ccc(Cn3ccnc3C(C)C)c(F)c2)c(S(=O)(=O)N(OC(=O)C(F)(F)F)C(=O)NCCCC(F)(F)F)s1. The summed E-state index contributed by atoms with van der Waals surface area (Å²) in [6, 6.07) is 3.22. The first kappa shape index (κ1) is 36.8. The summed E-state index contributed by atoms with van der Waals surface area (Å²) in [7, 11) is -5.45. The largest absolute Gasteiger partial charge is 0.493 e. The Balaban J connectivity index is 2.06. The van der Waals surface area contributed by atoms with Crippen molar-refractivity contribution in [2.75, 3.05) is 6.54 Å². The number of amides is 2. The summed E-state index contributed by atoms with van der Waals surface area (Å²) in [4.78, 5) is 33.0. The molecule has 3 aromatic rings. The third kappa shape index (κ3) is 9.43. The van der Waals surface area contributed by atoms with Crippen LogP contribution in [0, 0.1) is 11.7 Å². The van der Waals surface area contributed by atoms with E-state index in [2.05, 4.69) is 9.82 Å². The number of aromatic nitrogens is 2. The normalized spacial score (nSPS) is 12.5. The molecule has 0 bridgehead atoms. The highest BCUT2D eigenvalue weighted by Gasteiger charge is 2.47. The summed E-state index contributed by atoms with van der Waals surface area (Å²) >= 11 is 0.555. The summed E-state index contributed by atoms with van der Waals surface area (Å²) in [5, 5.41) is 1.74. The van der Waals surface area contributed by atoms with E-state index in [0.29, 0.717) is 22.0 Å². The zero-order chi connectivity index (χ0) is 34.6. The molecule has 0 aliphatic heterocycles. The van der Waals surface area contributed by atoms with Gasteiger partial charge in [-0.2, -0.15) is 34.8 Å². The molecule has 0 aliphatic carbocycles. The summed E-state index contributed by atoms with van der Waals surface area (Å²) in [5.74, 6) is -3.13. The predicted molar refractivity (Wildman–Crippen MR) is 154 cm³/mol. The first-order valence-corrected chi connectivity index (χ1v) is 16.1. The number of hydrogen-bond donors (Lipinski definition) is 1. The van der Waals surface area contributed by atoms with Gasteiger partial charge in [0.25, 0.3) is 0 Å². The van der Waals surface area contributed by atoms with Crippen LogP contribution in [0.15, 0.2) is 40.9 Å². The fraction of sp³-hybridized carbons (Fsp3) is 0.464. The van der Waals surface area contributed by atoms with Crippen LogP contribution >= 0.6 is 11.3 Å². The Kier molecular flexibility index (Phi) is 11.5. The number of urea groups is 1. The average molecular weight is 701 g/mol. The minimum Gasteiger partial charge on any atom is -0.335 e. The lowest BCUT2D eigenvalue weighted by Gasteiger charge is -2.21. The monoisotopic (exact) mass is 700 g/mol. The Labute approximate surface area is 264 Å². The molecule has 0 saturated carbocycles. The van der Waals surface area contributed by atoms with Crippen molar-refractivity contribution in [3.8, 4) is 11.1 Å². The van der Waals surface area contributed by atoms with Gasteiger partial charge in [-0.05, 0) is 40.9 Å². The number of thiophene rings is 1. The molecule has 0 saturated heterocycles. The van der Waals surface area contributed by atoms with Gasteiger partial charge in [0.15, 0.2) is 4.21 Å². The van der Waals surface area contributed by atoms with Gasteiger partial charge in [0.1, 0.15) is 11.6 Å². The van der Waals surface area contributed by atoms with Crippen molar-refractivity contribution >= 4 is 33.4 Å². The molecule has 46 heavy (non-hydrogen) atoms. The van der Waals surface area contributed by atoms with Crippen LogP contribution in [0.4, 0.5) is 35.5 Å². The predicted octanol–water partition coefficient (Wildman–Crippen LogP) is 7.18. The number of nitrogens with zero attached hydrogens (tertiary/aromatic N) is 3. The van der Waals surface area contributed by atoms with Crippen molar-refractivity contribution in [3.63, 3.8) is 0 Å². The van der Waals surface area contributed by atoms with Crippen molar-refractivity contribution in [3.05, 3.63) is 58.7 Å². The van der Waals surface area contributed by atoms with Crippen molar-refractivity contribution in [2.24, 2.45) is 5.92 Å². The van der Waals surface area contributed by atoms with Gasteiger partial charge in [-0.15, -0.1) is 11.3 Å². The van der Waals surface area contributed by atoms with Gasteiger partial charge in [-0.1, -0.05) is 39.8 Å². The molecular weight excluding hydrogens is 669 g/mol. The van der Waals surface area contributed by atoms with E-state index in [0.717, 1.165) is 6.07 Å². The molecule has 254 valence electrons. The summed E-state index contributed by atoms with van der Waals surface area (Å²) in [6.07, 6.45) is -9.01. The third-order valence-electron chi connectivity index (χ3n) is 6.26. The zero-order valence-electron chi connectivity index (χ0n) is 25.0. The van der Waals surface area contributed by atoms with E-state index in [4.69, 9.17) is 0 Å². The topological polar surface area (TPSA) is 111 Å². The molecule has 0 fully saturated rings.